The molecular weight excluding hydrogens is 393 g/mol. The Bertz CT molecular complexity index is 1010. The number of hydrogen-bond acceptors (Lipinski definition) is 5. The molecule has 0 unspecified atom stereocenters. The molecule has 154 valence electrons. The van der Waals surface area contributed by atoms with Gasteiger partial charge in [0.1, 0.15) is 5.76 Å². The van der Waals surface area contributed by atoms with Crippen LogP contribution in [0.15, 0.2) is 41.2 Å². The molecule has 0 bridgehead atoms. The Hall–Kier alpha value is -3.63. The molecule has 1 aromatic carbocycles. The number of hydrogen-bond donors (Lipinski definition) is 2. The molecule has 3 aromatic rings. The number of nitrogens with one attached hydrogen (secondary N) is 1. The van der Waals surface area contributed by atoms with Crippen molar-refractivity contribution in [3.05, 3.63) is 59.5 Å². The minimum atomic E-state index is -5.08. The summed E-state index contributed by atoms with van der Waals surface area (Å²) in [5.41, 5.74) is 4.05. The number of aliphatic carboxylic acids is 1. The van der Waals surface area contributed by atoms with Crippen molar-refractivity contribution in [2.24, 2.45) is 0 Å². The van der Waals surface area contributed by atoms with Gasteiger partial charge in [-0.15, -0.1) is 0 Å². The van der Waals surface area contributed by atoms with Crippen LogP contribution in [-0.2, 0) is 4.79 Å². The molecule has 2 heterocycles. The molecule has 0 aliphatic rings. The number of benzene rings is 1. The third-order valence-electron chi connectivity index (χ3n) is 3.76. The minimum absolute atomic E-state index is 0.266. The summed E-state index contributed by atoms with van der Waals surface area (Å²) in [7, 11) is 0. The molecule has 1 amide bonds. The van der Waals surface area contributed by atoms with E-state index in [2.05, 4.69) is 15.5 Å². The van der Waals surface area contributed by atoms with Crippen LogP contribution < -0.4 is 5.32 Å². The Labute approximate surface area is 163 Å². The summed E-state index contributed by atoms with van der Waals surface area (Å²) in [6, 6.07) is 9.14. The standard InChI is InChI=1S/C16H16N4O2.C2HF3O2/c1-10-8-15(19-22-10)16(21)18-13-4-6-14(7-5-13)20-9-17-11(2)12(20)3;3-2(4,5)1(6)7/h4-9H,1-3H3,(H,18,21);(H,6,7). The largest absolute Gasteiger partial charge is 0.490 e. The van der Waals surface area contributed by atoms with E-state index >= 15 is 0 Å². The van der Waals surface area contributed by atoms with Gasteiger partial charge in [-0.3, -0.25) is 4.79 Å². The molecule has 0 saturated heterocycles. The first-order chi connectivity index (χ1) is 13.5. The third kappa shape index (κ3) is 5.67. The van der Waals surface area contributed by atoms with Crippen molar-refractivity contribution in [2.75, 3.05) is 5.32 Å². The lowest BCUT2D eigenvalue weighted by molar-refractivity contribution is -0.192. The van der Waals surface area contributed by atoms with Crippen molar-refractivity contribution in [1.82, 2.24) is 14.7 Å². The Morgan fingerprint density at radius 1 is 1.14 bits per heavy atom. The highest BCUT2D eigenvalue weighted by atomic mass is 19.4. The van der Waals surface area contributed by atoms with E-state index < -0.39 is 12.1 Å². The summed E-state index contributed by atoms with van der Waals surface area (Å²) >= 11 is 0. The van der Waals surface area contributed by atoms with Gasteiger partial charge in [-0.1, -0.05) is 5.16 Å². The number of aryl methyl sites for hydroxylation is 2. The molecule has 0 atom stereocenters. The molecule has 29 heavy (non-hydrogen) atoms. The summed E-state index contributed by atoms with van der Waals surface area (Å²) in [4.78, 5) is 25.2. The zero-order valence-corrected chi connectivity index (χ0v) is 15.6. The van der Waals surface area contributed by atoms with Gasteiger partial charge in [0.25, 0.3) is 5.91 Å². The number of carbonyl (C=O) groups excluding carboxylic acids is 1. The summed E-state index contributed by atoms with van der Waals surface area (Å²) in [5, 5.41) is 13.6. The number of imidazole rings is 1. The maximum atomic E-state index is 12.0. The van der Waals surface area contributed by atoms with Crippen molar-refractivity contribution in [3.63, 3.8) is 0 Å². The first kappa shape index (κ1) is 21.7. The van der Waals surface area contributed by atoms with Crippen LogP contribution in [0.4, 0.5) is 18.9 Å². The van der Waals surface area contributed by atoms with Crippen molar-refractivity contribution in [1.29, 1.82) is 0 Å². The van der Waals surface area contributed by atoms with E-state index in [9.17, 15) is 18.0 Å². The van der Waals surface area contributed by atoms with E-state index in [0.29, 0.717) is 11.4 Å². The Balaban J connectivity index is 0.000000370. The number of aromatic nitrogens is 3. The highest BCUT2D eigenvalue weighted by Gasteiger charge is 2.38. The van der Waals surface area contributed by atoms with Gasteiger partial charge in [0.05, 0.1) is 12.0 Å². The van der Waals surface area contributed by atoms with Gasteiger partial charge in [-0.25, -0.2) is 9.78 Å². The van der Waals surface area contributed by atoms with Gasteiger partial charge in [-0.2, -0.15) is 13.2 Å². The van der Waals surface area contributed by atoms with E-state index in [-0.39, 0.29) is 11.6 Å². The van der Waals surface area contributed by atoms with Gasteiger partial charge in [0.15, 0.2) is 5.69 Å². The average molecular weight is 410 g/mol. The number of carboxylic acids is 1. The first-order valence-electron chi connectivity index (χ1n) is 8.15. The van der Waals surface area contributed by atoms with Crippen LogP contribution >= 0.6 is 0 Å². The molecule has 0 fully saturated rings. The highest BCUT2D eigenvalue weighted by Crippen LogP contribution is 2.17. The summed E-state index contributed by atoms with van der Waals surface area (Å²) < 4.78 is 38.6. The molecule has 8 nitrogen and oxygen atoms in total. The number of carboxylic acid groups (broad SMARTS) is 1. The lowest BCUT2D eigenvalue weighted by Crippen LogP contribution is -2.21. The van der Waals surface area contributed by atoms with Crippen LogP contribution in [0.5, 0.6) is 0 Å². The van der Waals surface area contributed by atoms with Crippen LogP contribution in [0.1, 0.15) is 27.6 Å². The molecule has 2 N–H and O–H groups in total. The lowest BCUT2D eigenvalue weighted by Gasteiger charge is -2.07. The monoisotopic (exact) mass is 410 g/mol. The molecule has 2 aromatic heterocycles. The van der Waals surface area contributed by atoms with Crippen molar-refractivity contribution in [2.45, 2.75) is 26.9 Å². The molecule has 0 aliphatic heterocycles. The average Bonchev–Trinajstić information content (AvgIpc) is 3.22. The zero-order valence-electron chi connectivity index (χ0n) is 15.6. The van der Waals surface area contributed by atoms with Gasteiger partial charge in [0, 0.05) is 23.1 Å². The fourth-order valence-corrected chi connectivity index (χ4v) is 2.13. The van der Waals surface area contributed by atoms with Crippen molar-refractivity contribution in [3.8, 4) is 5.69 Å². The van der Waals surface area contributed by atoms with E-state index in [1.54, 1.807) is 19.3 Å². The third-order valence-corrected chi connectivity index (χ3v) is 3.76. The van der Waals surface area contributed by atoms with Crippen LogP contribution in [0.3, 0.4) is 0 Å². The maximum absolute atomic E-state index is 12.0. The lowest BCUT2D eigenvalue weighted by atomic mass is 10.2. The number of alkyl halides is 3. The number of carbonyl (C=O) groups is 2. The molecule has 0 radical (unpaired) electrons. The number of anilines is 1. The normalized spacial score (nSPS) is 10.8. The van der Waals surface area contributed by atoms with Crippen LogP contribution in [0.25, 0.3) is 5.69 Å². The van der Waals surface area contributed by atoms with Crippen LogP contribution in [-0.4, -0.2) is 37.9 Å². The smallest absolute Gasteiger partial charge is 0.475 e. The minimum Gasteiger partial charge on any atom is -0.475 e. The fourth-order valence-electron chi connectivity index (χ4n) is 2.13. The number of nitrogens with zero attached hydrogens (tertiary/aromatic N) is 3. The quantitative estimate of drug-likeness (QED) is 0.682. The second-order valence-electron chi connectivity index (χ2n) is 5.91. The van der Waals surface area contributed by atoms with Crippen LogP contribution in [0.2, 0.25) is 0 Å². The van der Waals surface area contributed by atoms with Crippen molar-refractivity contribution >= 4 is 17.6 Å². The zero-order chi connectivity index (χ0) is 21.8. The predicted molar refractivity (Wildman–Crippen MR) is 95.9 cm³/mol. The molecule has 11 heteroatoms. The van der Waals surface area contributed by atoms with Gasteiger partial charge >= 0.3 is 12.1 Å². The Kier molecular flexibility index (Phi) is 6.42. The predicted octanol–water partition coefficient (Wildman–Crippen LogP) is 3.67. The first-order valence-corrected chi connectivity index (χ1v) is 8.15. The molecule has 0 spiro atoms. The van der Waals surface area contributed by atoms with E-state index in [4.69, 9.17) is 14.4 Å². The molecule has 0 saturated carbocycles. The van der Waals surface area contributed by atoms with Gasteiger partial charge in [-0.05, 0) is 45.0 Å². The SMILES string of the molecule is Cc1cc(C(=O)Nc2ccc(-n3cnc(C)c3C)cc2)no1.O=C(O)C(F)(F)F. The highest BCUT2D eigenvalue weighted by molar-refractivity contribution is 6.02. The van der Waals surface area contributed by atoms with E-state index in [1.165, 1.54) is 0 Å². The van der Waals surface area contributed by atoms with E-state index in [0.717, 1.165) is 17.1 Å². The molecular formula is C18H17F3N4O4. The van der Waals surface area contributed by atoms with Crippen LogP contribution in [0, 0.1) is 20.8 Å². The second-order valence-corrected chi connectivity index (χ2v) is 5.91. The fraction of sp³-hybridized carbons (Fsp3) is 0.222. The number of halogens is 3. The summed E-state index contributed by atoms with van der Waals surface area (Å²) in [5.74, 6) is -2.45. The van der Waals surface area contributed by atoms with Gasteiger partial charge in [0.2, 0.25) is 0 Å². The van der Waals surface area contributed by atoms with Gasteiger partial charge < -0.3 is 19.5 Å². The number of rotatable bonds is 3. The second kappa shape index (κ2) is 8.59. The molecule has 0 aliphatic carbocycles. The Morgan fingerprint density at radius 2 is 1.72 bits per heavy atom. The number of amides is 1. The Morgan fingerprint density at radius 3 is 2.14 bits per heavy atom. The maximum Gasteiger partial charge on any atom is 0.490 e. The molecule has 3 rings (SSSR count). The topological polar surface area (TPSA) is 110 Å². The van der Waals surface area contributed by atoms with Crippen molar-refractivity contribution < 1.29 is 32.4 Å². The summed E-state index contributed by atoms with van der Waals surface area (Å²) in [6.45, 7) is 5.74. The summed E-state index contributed by atoms with van der Waals surface area (Å²) in [6.07, 6.45) is -3.30. The van der Waals surface area contributed by atoms with E-state index in [1.807, 2.05) is 42.7 Å².